The molecule has 0 unspecified atom stereocenters. The molecule has 1 fully saturated rings. The fraction of sp³-hybridized carbons (Fsp3) is 0.500. The van der Waals surface area contributed by atoms with Gasteiger partial charge in [-0.05, 0) is 18.6 Å². The summed E-state index contributed by atoms with van der Waals surface area (Å²) >= 11 is 0. The molecule has 0 spiro atoms. The minimum absolute atomic E-state index is 0. The normalized spacial score (nSPS) is 15.4. The van der Waals surface area contributed by atoms with Crippen LogP contribution in [0.1, 0.15) is 12.5 Å². The Morgan fingerprint density at radius 3 is 2.57 bits per heavy atom. The van der Waals surface area contributed by atoms with Crippen LogP contribution in [0.5, 0.6) is 0 Å². The predicted octanol–water partition coefficient (Wildman–Crippen LogP) is 1.33. The van der Waals surface area contributed by atoms with Gasteiger partial charge in [0.2, 0.25) is 5.91 Å². The van der Waals surface area contributed by atoms with E-state index in [0.717, 1.165) is 37.6 Å². The second-order valence-electron chi connectivity index (χ2n) is 4.73. The highest BCUT2D eigenvalue weighted by Crippen LogP contribution is 2.21. The van der Waals surface area contributed by atoms with Crippen LogP contribution in [-0.4, -0.2) is 38.3 Å². The highest BCUT2D eigenvalue weighted by Gasteiger charge is 2.15. The van der Waals surface area contributed by atoms with Crippen molar-refractivity contribution in [2.45, 2.75) is 19.5 Å². The molecule has 0 saturated carbocycles. The Morgan fingerprint density at radius 2 is 1.95 bits per heavy atom. The summed E-state index contributed by atoms with van der Waals surface area (Å²) in [5.74, 6) is -0.128. The van der Waals surface area contributed by atoms with Gasteiger partial charge in [0, 0.05) is 25.3 Å². The van der Waals surface area contributed by atoms with Crippen LogP contribution in [0.15, 0.2) is 24.3 Å². The third-order valence-electron chi connectivity index (χ3n) is 3.21. The first-order chi connectivity index (χ1) is 9.18. The van der Waals surface area contributed by atoms with Crippen molar-refractivity contribution < 1.29 is 9.53 Å². The van der Waals surface area contributed by atoms with Crippen LogP contribution < -0.4 is 16.0 Å². The Morgan fingerprint density at radius 1 is 1.33 bits per heavy atom. The molecule has 1 aliphatic rings. The summed E-state index contributed by atoms with van der Waals surface area (Å²) in [6.07, 6.45) is 0. The highest BCUT2D eigenvalue weighted by atomic mass is 35.5. The molecule has 1 atom stereocenters. The fourth-order valence-corrected chi connectivity index (χ4v) is 2.12. The molecule has 0 bridgehead atoms. The van der Waals surface area contributed by atoms with Crippen molar-refractivity contribution in [1.82, 2.24) is 5.32 Å². The van der Waals surface area contributed by atoms with E-state index >= 15 is 0 Å². The quantitative estimate of drug-likeness (QED) is 0.871. The number of rotatable bonds is 4. The summed E-state index contributed by atoms with van der Waals surface area (Å²) in [5, 5.41) is 2.86. The van der Waals surface area contributed by atoms with Gasteiger partial charge in [-0.25, -0.2) is 0 Å². The van der Waals surface area contributed by atoms with Crippen LogP contribution in [0.4, 0.5) is 5.69 Å². The lowest BCUT2D eigenvalue weighted by atomic mass is 10.1. The number of morpholine rings is 1. The number of nitrogens with zero attached hydrogens (tertiary/aromatic N) is 1. The second kappa shape index (κ2) is 9.84. The SMILES string of the molecule is C[C@@H](N)C(=O)NCc1ccccc1N1CCOCC1.Cl.Cl. The number of halogens is 2. The smallest absolute Gasteiger partial charge is 0.236 e. The third-order valence-corrected chi connectivity index (χ3v) is 3.21. The molecule has 0 aromatic heterocycles. The first kappa shape index (κ1) is 20.0. The summed E-state index contributed by atoms with van der Waals surface area (Å²) in [6.45, 7) is 5.47. The maximum absolute atomic E-state index is 11.5. The lowest BCUT2D eigenvalue weighted by Crippen LogP contribution is -2.39. The van der Waals surface area contributed by atoms with Gasteiger partial charge in [-0.1, -0.05) is 18.2 Å². The van der Waals surface area contributed by atoms with E-state index in [1.54, 1.807) is 6.92 Å². The van der Waals surface area contributed by atoms with Crippen LogP contribution in [0.2, 0.25) is 0 Å². The van der Waals surface area contributed by atoms with Gasteiger partial charge in [0.25, 0.3) is 0 Å². The summed E-state index contributed by atoms with van der Waals surface area (Å²) in [6, 6.07) is 7.64. The molecule has 21 heavy (non-hydrogen) atoms. The molecule has 7 heteroatoms. The number of benzene rings is 1. The first-order valence-corrected chi connectivity index (χ1v) is 6.62. The maximum atomic E-state index is 11.5. The third kappa shape index (κ3) is 5.71. The summed E-state index contributed by atoms with van der Waals surface area (Å²) in [5.41, 5.74) is 7.81. The van der Waals surface area contributed by atoms with Gasteiger partial charge in [0.1, 0.15) is 0 Å². The molecule has 2 rings (SSSR count). The topological polar surface area (TPSA) is 67.6 Å². The van der Waals surface area contributed by atoms with E-state index in [9.17, 15) is 4.79 Å². The van der Waals surface area contributed by atoms with Crippen LogP contribution in [0, 0.1) is 0 Å². The molecule has 0 aliphatic carbocycles. The minimum Gasteiger partial charge on any atom is -0.378 e. The summed E-state index contributed by atoms with van der Waals surface area (Å²) in [4.78, 5) is 13.8. The number of carbonyl (C=O) groups excluding carboxylic acids is 1. The molecule has 1 aromatic carbocycles. The van der Waals surface area contributed by atoms with Gasteiger partial charge < -0.3 is 20.7 Å². The number of hydrogen-bond acceptors (Lipinski definition) is 4. The van der Waals surface area contributed by atoms with E-state index < -0.39 is 6.04 Å². The van der Waals surface area contributed by atoms with Crippen LogP contribution in [0.25, 0.3) is 0 Å². The molecule has 5 nitrogen and oxygen atoms in total. The number of ether oxygens (including phenoxy) is 1. The molecule has 1 saturated heterocycles. The number of nitrogens with two attached hydrogens (primary N) is 1. The molecule has 0 radical (unpaired) electrons. The second-order valence-corrected chi connectivity index (χ2v) is 4.73. The average molecular weight is 336 g/mol. The highest BCUT2D eigenvalue weighted by molar-refractivity contribution is 5.85. The van der Waals surface area contributed by atoms with Crippen molar-refractivity contribution in [1.29, 1.82) is 0 Å². The molecule has 1 amide bonds. The van der Waals surface area contributed by atoms with E-state index in [-0.39, 0.29) is 30.7 Å². The van der Waals surface area contributed by atoms with E-state index in [1.165, 1.54) is 0 Å². The molecule has 1 aliphatic heterocycles. The summed E-state index contributed by atoms with van der Waals surface area (Å²) < 4.78 is 5.36. The van der Waals surface area contributed by atoms with Gasteiger partial charge in [-0.15, -0.1) is 24.8 Å². The lowest BCUT2D eigenvalue weighted by molar-refractivity contribution is -0.122. The molecule has 1 heterocycles. The van der Waals surface area contributed by atoms with E-state index in [0.29, 0.717) is 6.54 Å². The zero-order valence-corrected chi connectivity index (χ0v) is 13.7. The van der Waals surface area contributed by atoms with Gasteiger partial charge >= 0.3 is 0 Å². The zero-order chi connectivity index (χ0) is 13.7. The van der Waals surface area contributed by atoms with Gasteiger partial charge in [-0.2, -0.15) is 0 Å². The molecular weight excluding hydrogens is 313 g/mol. The van der Waals surface area contributed by atoms with Crippen molar-refractivity contribution in [3.63, 3.8) is 0 Å². The number of amides is 1. The van der Waals surface area contributed by atoms with Crippen LogP contribution in [0.3, 0.4) is 0 Å². The van der Waals surface area contributed by atoms with Crippen molar-refractivity contribution in [3.05, 3.63) is 29.8 Å². The monoisotopic (exact) mass is 335 g/mol. The largest absolute Gasteiger partial charge is 0.378 e. The lowest BCUT2D eigenvalue weighted by Gasteiger charge is -2.30. The van der Waals surface area contributed by atoms with Crippen LogP contribution in [-0.2, 0) is 16.1 Å². The standard InChI is InChI=1S/C14H21N3O2.2ClH/c1-11(15)14(18)16-10-12-4-2-3-5-13(12)17-6-8-19-9-7-17;;/h2-5,11H,6-10,15H2,1H3,(H,16,18);2*1H/t11-;;/m1../s1. The number of nitrogens with one attached hydrogen (secondary N) is 1. The van der Waals surface area contributed by atoms with Gasteiger partial charge in [-0.3, -0.25) is 4.79 Å². The molecule has 3 N–H and O–H groups in total. The van der Waals surface area contributed by atoms with Crippen molar-refractivity contribution in [2.24, 2.45) is 5.73 Å². The summed E-state index contributed by atoms with van der Waals surface area (Å²) in [7, 11) is 0. The minimum atomic E-state index is -0.476. The van der Waals surface area contributed by atoms with E-state index in [4.69, 9.17) is 10.5 Å². The molecular formula is C14H23Cl2N3O2. The number of carbonyl (C=O) groups is 1. The van der Waals surface area contributed by atoms with E-state index in [1.807, 2.05) is 18.2 Å². The van der Waals surface area contributed by atoms with Crippen molar-refractivity contribution >= 4 is 36.4 Å². The Hall–Kier alpha value is -1.01. The van der Waals surface area contributed by atoms with Gasteiger partial charge in [0.15, 0.2) is 0 Å². The fourth-order valence-electron chi connectivity index (χ4n) is 2.12. The van der Waals surface area contributed by atoms with Crippen molar-refractivity contribution in [3.8, 4) is 0 Å². The Labute approximate surface area is 138 Å². The van der Waals surface area contributed by atoms with E-state index in [2.05, 4.69) is 16.3 Å². The predicted molar refractivity (Wildman–Crippen MR) is 89.5 cm³/mol. The number of anilines is 1. The molecule has 120 valence electrons. The first-order valence-electron chi connectivity index (χ1n) is 6.62. The van der Waals surface area contributed by atoms with Crippen LogP contribution >= 0.6 is 24.8 Å². The molecule has 1 aromatic rings. The zero-order valence-electron chi connectivity index (χ0n) is 12.1. The Kier molecular flexibility index (Phi) is 9.37. The van der Waals surface area contributed by atoms with Gasteiger partial charge in [0.05, 0.1) is 19.3 Å². The maximum Gasteiger partial charge on any atom is 0.236 e. The Balaban J connectivity index is 0.00000200. The number of hydrogen-bond donors (Lipinski definition) is 2. The Bertz CT molecular complexity index is 438. The number of para-hydroxylation sites is 1. The average Bonchev–Trinajstić information content (AvgIpc) is 2.46. The van der Waals surface area contributed by atoms with Crippen molar-refractivity contribution in [2.75, 3.05) is 31.2 Å².